The molecule has 2 aliphatic heterocycles. The number of hydrogen-bond donors (Lipinski definition) is 1. The van der Waals surface area contributed by atoms with Crippen molar-refractivity contribution in [1.82, 2.24) is 10.2 Å². The zero-order chi connectivity index (χ0) is 13.0. The third-order valence-corrected chi connectivity index (χ3v) is 3.27. The molecule has 2 saturated heterocycles. The number of carbonyl (C=O) groups is 3. The second-order valence-electron chi connectivity index (χ2n) is 4.63. The van der Waals surface area contributed by atoms with Gasteiger partial charge >= 0.3 is 0 Å². The standard InChI is InChI=1S/C12H18N2O4/c15-10(13-8-9-2-1-7-18-9)5-6-14-11(16)3-4-12(14)17/h9H,1-8H2,(H,13,15)/t9-/m1/s1. The lowest BCUT2D eigenvalue weighted by molar-refractivity contribution is -0.138. The van der Waals surface area contributed by atoms with Crippen LogP contribution in [0, 0.1) is 0 Å². The van der Waals surface area contributed by atoms with Crippen LogP contribution in [0.1, 0.15) is 32.1 Å². The minimum absolute atomic E-state index is 0.115. The van der Waals surface area contributed by atoms with Gasteiger partial charge in [0.25, 0.3) is 0 Å². The van der Waals surface area contributed by atoms with E-state index < -0.39 is 0 Å². The summed E-state index contributed by atoms with van der Waals surface area (Å²) in [6.07, 6.45) is 2.85. The summed E-state index contributed by atoms with van der Waals surface area (Å²) in [7, 11) is 0. The topological polar surface area (TPSA) is 75.7 Å². The summed E-state index contributed by atoms with van der Waals surface area (Å²) in [6, 6.07) is 0. The second-order valence-corrected chi connectivity index (χ2v) is 4.63. The maximum Gasteiger partial charge on any atom is 0.229 e. The Balaban J connectivity index is 1.65. The van der Waals surface area contributed by atoms with Gasteiger partial charge in [-0.2, -0.15) is 0 Å². The zero-order valence-electron chi connectivity index (χ0n) is 10.3. The smallest absolute Gasteiger partial charge is 0.229 e. The van der Waals surface area contributed by atoms with Crippen LogP contribution in [0.4, 0.5) is 0 Å². The van der Waals surface area contributed by atoms with E-state index in [0.29, 0.717) is 6.54 Å². The summed E-state index contributed by atoms with van der Waals surface area (Å²) >= 11 is 0. The van der Waals surface area contributed by atoms with E-state index in [4.69, 9.17) is 4.74 Å². The lowest BCUT2D eigenvalue weighted by Gasteiger charge is -2.14. The van der Waals surface area contributed by atoms with Crippen LogP contribution in [0.15, 0.2) is 0 Å². The molecule has 0 aromatic rings. The van der Waals surface area contributed by atoms with Crippen molar-refractivity contribution in [3.8, 4) is 0 Å². The molecule has 18 heavy (non-hydrogen) atoms. The number of imide groups is 1. The summed E-state index contributed by atoms with van der Waals surface area (Å²) in [5.41, 5.74) is 0. The number of carbonyl (C=O) groups excluding carboxylic acids is 3. The van der Waals surface area contributed by atoms with Gasteiger partial charge in [-0.05, 0) is 12.8 Å². The molecule has 6 heteroatoms. The number of nitrogens with zero attached hydrogens (tertiary/aromatic N) is 1. The van der Waals surface area contributed by atoms with Gasteiger partial charge in [0.2, 0.25) is 17.7 Å². The highest BCUT2D eigenvalue weighted by atomic mass is 16.5. The van der Waals surface area contributed by atoms with Gasteiger partial charge in [0, 0.05) is 39.0 Å². The number of ether oxygens (including phenoxy) is 1. The molecule has 2 fully saturated rings. The number of likely N-dealkylation sites (tertiary alicyclic amines) is 1. The molecule has 100 valence electrons. The number of rotatable bonds is 5. The second kappa shape index (κ2) is 5.95. The third kappa shape index (κ3) is 3.29. The summed E-state index contributed by atoms with van der Waals surface area (Å²) in [4.78, 5) is 35.4. The molecular formula is C12H18N2O4. The summed E-state index contributed by atoms with van der Waals surface area (Å²) < 4.78 is 5.38. The quantitative estimate of drug-likeness (QED) is 0.691. The van der Waals surface area contributed by atoms with Gasteiger partial charge in [0.1, 0.15) is 0 Å². The molecule has 0 spiro atoms. The maximum atomic E-state index is 11.6. The van der Waals surface area contributed by atoms with Crippen LogP contribution < -0.4 is 5.32 Å². The van der Waals surface area contributed by atoms with E-state index in [-0.39, 0.29) is 49.6 Å². The molecule has 6 nitrogen and oxygen atoms in total. The van der Waals surface area contributed by atoms with E-state index in [1.807, 2.05) is 0 Å². The van der Waals surface area contributed by atoms with Gasteiger partial charge in [0.05, 0.1) is 6.10 Å². The highest BCUT2D eigenvalue weighted by Gasteiger charge is 2.28. The Labute approximate surface area is 106 Å². The number of hydrogen-bond acceptors (Lipinski definition) is 4. The predicted octanol–water partition coefficient (Wildman–Crippen LogP) is -0.179. The van der Waals surface area contributed by atoms with Crippen molar-refractivity contribution in [3.05, 3.63) is 0 Å². The fourth-order valence-electron chi connectivity index (χ4n) is 2.21. The van der Waals surface area contributed by atoms with Crippen LogP contribution >= 0.6 is 0 Å². The van der Waals surface area contributed by atoms with E-state index in [2.05, 4.69) is 5.32 Å². The summed E-state index contributed by atoms with van der Waals surface area (Å²) in [5, 5.41) is 2.77. The van der Waals surface area contributed by atoms with E-state index >= 15 is 0 Å². The minimum Gasteiger partial charge on any atom is -0.376 e. The Morgan fingerprint density at radius 2 is 2.06 bits per heavy atom. The van der Waals surface area contributed by atoms with E-state index in [1.54, 1.807) is 0 Å². The fourth-order valence-corrected chi connectivity index (χ4v) is 2.21. The molecule has 0 bridgehead atoms. The molecule has 0 radical (unpaired) electrons. The van der Waals surface area contributed by atoms with Crippen LogP contribution in [0.2, 0.25) is 0 Å². The zero-order valence-corrected chi connectivity index (χ0v) is 10.3. The van der Waals surface area contributed by atoms with Crippen LogP contribution in [0.25, 0.3) is 0 Å². The monoisotopic (exact) mass is 254 g/mol. The van der Waals surface area contributed by atoms with Gasteiger partial charge < -0.3 is 10.1 Å². The molecule has 0 aromatic heterocycles. The highest BCUT2D eigenvalue weighted by Crippen LogP contribution is 2.12. The molecule has 2 rings (SSSR count). The van der Waals surface area contributed by atoms with E-state index in [0.717, 1.165) is 19.4 Å². The first-order valence-electron chi connectivity index (χ1n) is 6.38. The van der Waals surface area contributed by atoms with E-state index in [1.165, 1.54) is 4.90 Å². The van der Waals surface area contributed by atoms with Gasteiger partial charge in [-0.3, -0.25) is 19.3 Å². The maximum absolute atomic E-state index is 11.6. The molecule has 0 unspecified atom stereocenters. The lowest BCUT2D eigenvalue weighted by atomic mass is 10.2. The average Bonchev–Trinajstić information content (AvgIpc) is 2.96. The first kappa shape index (κ1) is 13.0. The average molecular weight is 254 g/mol. The SMILES string of the molecule is O=C(CCN1C(=O)CCC1=O)NC[C@H]1CCCO1. The van der Waals surface area contributed by atoms with Crippen molar-refractivity contribution in [2.75, 3.05) is 19.7 Å². The Kier molecular flexibility index (Phi) is 4.30. The van der Waals surface area contributed by atoms with Crippen LogP contribution in [-0.4, -0.2) is 48.4 Å². The van der Waals surface area contributed by atoms with Crippen molar-refractivity contribution in [2.24, 2.45) is 0 Å². The van der Waals surface area contributed by atoms with Crippen molar-refractivity contribution in [1.29, 1.82) is 0 Å². The summed E-state index contributed by atoms with van der Waals surface area (Å²) in [5.74, 6) is -0.489. The molecule has 1 atom stereocenters. The van der Waals surface area contributed by atoms with Crippen LogP contribution in [0.5, 0.6) is 0 Å². The fraction of sp³-hybridized carbons (Fsp3) is 0.750. The Morgan fingerprint density at radius 1 is 1.33 bits per heavy atom. The Morgan fingerprint density at radius 3 is 2.67 bits per heavy atom. The lowest BCUT2D eigenvalue weighted by Crippen LogP contribution is -2.36. The molecule has 0 saturated carbocycles. The van der Waals surface area contributed by atoms with Crippen molar-refractivity contribution in [3.63, 3.8) is 0 Å². The van der Waals surface area contributed by atoms with Crippen LogP contribution in [0.3, 0.4) is 0 Å². The largest absolute Gasteiger partial charge is 0.376 e. The predicted molar refractivity (Wildman–Crippen MR) is 62.6 cm³/mol. The van der Waals surface area contributed by atoms with Crippen molar-refractivity contribution < 1.29 is 19.1 Å². The molecule has 1 N–H and O–H groups in total. The molecule has 0 aromatic carbocycles. The molecule has 3 amide bonds. The molecular weight excluding hydrogens is 236 g/mol. The number of amides is 3. The van der Waals surface area contributed by atoms with Gasteiger partial charge in [-0.1, -0.05) is 0 Å². The van der Waals surface area contributed by atoms with Crippen molar-refractivity contribution >= 4 is 17.7 Å². The van der Waals surface area contributed by atoms with Gasteiger partial charge in [-0.15, -0.1) is 0 Å². The minimum atomic E-state index is -0.174. The highest BCUT2D eigenvalue weighted by molar-refractivity contribution is 6.02. The first-order valence-corrected chi connectivity index (χ1v) is 6.38. The summed E-state index contributed by atoms with van der Waals surface area (Å²) in [6.45, 7) is 1.47. The molecule has 2 aliphatic rings. The molecule has 2 heterocycles. The van der Waals surface area contributed by atoms with Crippen molar-refractivity contribution in [2.45, 2.75) is 38.2 Å². The Bertz CT molecular complexity index is 334. The van der Waals surface area contributed by atoms with E-state index in [9.17, 15) is 14.4 Å². The van der Waals surface area contributed by atoms with Gasteiger partial charge in [-0.25, -0.2) is 0 Å². The Hall–Kier alpha value is -1.43. The first-order chi connectivity index (χ1) is 8.66. The third-order valence-electron chi connectivity index (χ3n) is 3.27. The number of nitrogens with one attached hydrogen (secondary N) is 1. The van der Waals surface area contributed by atoms with Gasteiger partial charge in [0.15, 0.2) is 0 Å². The molecule has 0 aliphatic carbocycles. The van der Waals surface area contributed by atoms with Crippen LogP contribution in [-0.2, 0) is 19.1 Å². The normalized spacial score (nSPS) is 23.8.